The van der Waals surface area contributed by atoms with Gasteiger partial charge in [-0.1, -0.05) is 60.7 Å². The molecule has 2 atom stereocenters. The Bertz CT molecular complexity index is 501. The molecular weight excluding hydrogens is 256 g/mol. The maximum atomic E-state index is 2.56. The Labute approximate surface area is 128 Å². The molecule has 110 valence electrons. The third-order valence-corrected chi connectivity index (χ3v) is 4.70. The van der Waals surface area contributed by atoms with Crippen molar-refractivity contribution in [3.05, 3.63) is 71.8 Å². The molecule has 0 aromatic heterocycles. The van der Waals surface area contributed by atoms with Gasteiger partial charge in [-0.2, -0.15) is 0 Å². The van der Waals surface area contributed by atoms with E-state index in [1.54, 1.807) is 0 Å². The van der Waals surface area contributed by atoms with Crippen LogP contribution in [0.4, 0.5) is 0 Å². The van der Waals surface area contributed by atoms with E-state index in [2.05, 4.69) is 84.3 Å². The summed E-state index contributed by atoms with van der Waals surface area (Å²) >= 11 is 0. The van der Waals surface area contributed by atoms with Gasteiger partial charge >= 0.3 is 0 Å². The number of benzene rings is 2. The summed E-state index contributed by atoms with van der Waals surface area (Å²) in [5, 5.41) is 0. The first-order valence-corrected chi connectivity index (χ1v) is 7.83. The van der Waals surface area contributed by atoms with Gasteiger partial charge in [-0.3, -0.25) is 9.80 Å². The second-order valence-electron chi connectivity index (χ2n) is 5.94. The van der Waals surface area contributed by atoms with Crippen LogP contribution < -0.4 is 0 Å². The molecule has 3 rings (SSSR count). The maximum absolute atomic E-state index is 2.56. The van der Waals surface area contributed by atoms with Crippen LogP contribution in [0.15, 0.2) is 60.7 Å². The van der Waals surface area contributed by atoms with Crippen molar-refractivity contribution in [3.63, 3.8) is 0 Å². The first-order valence-electron chi connectivity index (χ1n) is 7.83. The molecule has 0 bridgehead atoms. The summed E-state index contributed by atoms with van der Waals surface area (Å²) in [5.41, 5.74) is 2.82. The molecule has 0 spiro atoms. The maximum Gasteiger partial charge on any atom is 0.0518 e. The van der Waals surface area contributed by atoms with Crippen LogP contribution >= 0.6 is 0 Å². The Morgan fingerprint density at radius 3 is 1.43 bits per heavy atom. The molecule has 0 radical (unpaired) electrons. The molecular formula is C19H24N2. The van der Waals surface area contributed by atoms with E-state index in [1.807, 2.05) is 0 Å². The summed E-state index contributed by atoms with van der Waals surface area (Å²) in [6.07, 6.45) is 0. The van der Waals surface area contributed by atoms with Crippen LogP contribution in [0.5, 0.6) is 0 Å². The molecule has 2 aromatic carbocycles. The second-order valence-corrected chi connectivity index (χ2v) is 5.94. The Morgan fingerprint density at radius 1 is 0.667 bits per heavy atom. The van der Waals surface area contributed by atoms with Gasteiger partial charge in [0.2, 0.25) is 0 Å². The van der Waals surface area contributed by atoms with Gasteiger partial charge in [0.25, 0.3) is 0 Å². The minimum atomic E-state index is 0.485. The summed E-state index contributed by atoms with van der Waals surface area (Å²) in [5.74, 6) is 0. The summed E-state index contributed by atoms with van der Waals surface area (Å²) in [7, 11) is 0. The quantitative estimate of drug-likeness (QED) is 0.832. The van der Waals surface area contributed by atoms with E-state index in [0.717, 1.165) is 19.8 Å². The molecule has 2 aromatic rings. The van der Waals surface area contributed by atoms with E-state index in [1.165, 1.54) is 11.1 Å². The summed E-state index contributed by atoms with van der Waals surface area (Å²) in [4.78, 5) is 5.13. The van der Waals surface area contributed by atoms with Gasteiger partial charge < -0.3 is 0 Å². The Kier molecular flexibility index (Phi) is 4.37. The molecule has 0 amide bonds. The number of hydrogen-bond acceptors (Lipinski definition) is 2. The molecule has 1 aliphatic rings. The number of hydrogen-bond donors (Lipinski definition) is 0. The molecule has 0 aliphatic carbocycles. The zero-order valence-corrected chi connectivity index (χ0v) is 12.9. The Hall–Kier alpha value is -1.64. The molecule has 0 N–H and O–H groups in total. The molecule has 1 saturated heterocycles. The fourth-order valence-corrected chi connectivity index (χ4v) is 3.15. The highest BCUT2D eigenvalue weighted by Crippen LogP contribution is 2.28. The van der Waals surface area contributed by atoms with E-state index in [4.69, 9.17) is 0 Å². The largest absolute Gasteiger partial charge is 0.282 e. The van der Waals surface area contributed by atoms with E-state index in [-0.39, 0.29) is 0 Å². The van der Waals surface area contributed by atoms with Gasteiger partial charge in [0.1, 0.15) is 0 Å². The van der Waals surface area contributed by atoms with Gasteiger partial charge in [-0.25, -0.2) is 0 Å². The predicted octanol–water partition coefficient (Wildman–Crippen LogP) is 4.08. The zero-order chi connectivity index (χ0) is 14.7. The molecule has 21 heavy (non-hydrogen) atoms. The van der Waals surface area contributed by atoms with Crippen LogP contribution in [0.25, 0.3) is 0 Å². The highest BCUT2D eigenvalue weighted by atomic mass is 15.4. The average molecular weight is 280 g/mol. The lowest BCUT2D eigenvalue weighted by Gasteiger charge is -2.28. The Morgan fingerprint density at radius 2 is 1.05 bits per heavy atom. The highest BCUT2D eigenvalue weighted by molar-refractivity contribution is 5.20. The van der Waals surface area contributed by atoms with E-state index in [0.29, 0.717) is 12.1 Å². The summed E-state index contributed by atoms with van der Waals surface area (Å²) in [6, 6.07) is 22.6. The van der Waals surface area contributed by atoms with Crippen LogP contribution in [-0.2, 0) is 0 Å². The van der Waals surface area contributed by atoms with Gasteiger partial charge in [-0.15, -0.1) is 0 Å². The number of rotatable bonds is 4. The predicted molar refractivity (Wildman–Crippen MR) is 88.0 cm³/mol. The zero-order valence-electron chi connectivity index (χ0n) is 12.9. The minimum Gasteiger partial charge on any atom is -0.282 e. The Balaban J connectivity index is 1.66. The first-order chi connectivity index (χ1) is 10.3. The van der Waals surface area contributed by atoms with Crippen molar-refractivity contribution in [2.24, 2.45) is 0 Å². The first kappa shape index (κ1) is 14.3. The standard InChI is InChI=1S/C19H24N2/c1-16(18-9-5-3-6-10-18)20-13-14-21(15-20)17(2)19-11-7-4-8-12-19/h3-12,16-17H,13-15H2,1-2H3/t16-,17-/m0/s1. The van der Waals surface area contributed by atoms with E-state index in [9.17, 15) is 0 Å². The van der Waals surface area contributed by atoms with E-state index < -0.39 is 0 Å². The van der Waals surface area contributed by atoms with Gasteiger partial charge in [0.15, 0.2) is 0 Å². The van der Waals surface area contributed by atoms with Crippen LogP contribution in [0.2, 0.25) is 0 Å². The van der Waals surface area contributed by atoms with Crippen LogP contribution in [0.3, 0.4) is 0 Å². The van der Waals surface area contributed by atoms with Gasteiger partial charge in [0, 0.05) is 25.2 Å². The topological polar surface area (TPSA) is 6.48 Å². The molecule has 2 nitrogen and oxygen atoms in total. The lowest BCUT2D eigenvalue weighted by atomic mass is 10.1. The molecule has 1 heterocycles. The highest BCUT2D eigenvalue weighted by Gasteiger charge is 2.28. The van der Waals surface area contributed by atoms with Crippen molar-refractivity contribution >= 4 is 0 Å². The molecule has 1 aliphatic heterocycles. The lowest BCUT2D eigenvalue weighted by Crippen LogP contribution is -2.29. The molecule has 0 saturated carbocycles. The van der Waals surface area contributed by atoms with Crippen molar-refractivity contribution in [2.45, 2.75) is 25.9 Å². The second kappa shape index (κ2) is 6.42. The van der Waals surface area contributed by atoms with Crippen molar-refractivity contribution in [1.82, 2.24) is 9.80 Å². The third-order valence-electron chi connectivity index (χ3n) is 4.70. The fourth-order valence-electron chi connectivity index (χ4n) is 3.15. The molecule has 0 unspecified atom stereocenters. The van der Waals surface area contributed by atoms with Crippen LogP contribution in [-0.4, -0.2) is 29.6 Å². The smallest absolute Gasteiger partial charge is 0.0518 e. The lowest BCUT2D eigenvalue weighted by molar-refractivity contribution is 0.174. The normalized spacial score (nSPS) is 19.5. The van der Waals surface area contributed by atoms with Gasteiger partial charge in [-0.05, 0) is 25.0 Å². The fraction of sp³-hybridized carbons (Fsp3) is 0.368. The molecule has 1 fully saturated rings. The number of nitrogens with zero attached hydrogens (tertiary/aromatic N) is 2. The summed E-state index contributed by atoms with van der Waals surface area (Å²) < 4.78 is 0. The molecule has 2 heteroatoms. The van der Waals surface area contributed by atoms with Crippen LogP contribution in [0.1, 0.15) is 37.1 Å². The minimum absolute atomic E-state index is 0.485. The van der Waals surface area contributed by atoms with Crippen molar-refractivity contribution in [1.29, 1.82) is 0 Å². The van der Waals surface area contributed by atoms with E-state index >= 15 is 0 Å². The SMILES string of the molecule is C[C@@H](c1ccccc1)N1CCN([C@@H](C)c2ccccc2)C1. The third kappa shape index (κ3) is 3.17. The summed E-state index contributed by atoms with van der Waals surface area (Å²) in [6.45, 7) is 7.96. The average Bonchev–Trinajstić information content (AvgIpc) is 3.05. The van der Waals surface area contributed by atoms with Crippen molar-refractivity contribution in [2.75, 3.05) is 19.8 Å². The monoisotopic (exact) mass is 280 g/mol. The van der Waals surface area contributed by atoms with Crippen LogP contribution in [0, 0.1) is 0 Å². The van der Waals surface area contributed by atoms with Crippen molar-refractivity contribution < 1.29 is 0 Å². The van der Waals surface area contributed by atoms with Crippen molar-refractivity contribution in [3.8, 4) is 0 Å². The van der Waals surface area contributed by atoms with Gasteiger partial charge in [0.05, 0.1) is 6.67 Å².